The number of carbonyl (C=O) groups is 1. The fourth-order valence-corrected chi connectivity index (χ4v) is 3.11. The Bertz CT molecular complexity index is 790. The predicted octanol–water partition coefficient (Wildman–Crippen LogP) is 2.53. The van der Waals surface area contributed by atoms with E-state index in [9.17, 15) is 4.79 Å². The summed E-state index contributed by atoms with van der Waals surface area (Å²) in [5.74, 6) is 0.232. The van der Waals surface area contributed by atoms with Gasteiger partial charge in [-0.3, -0.25) is 0 Å². The van der Waals surface area contributed by atoms with Gasteiger partial charge in [-0.2, -0.15) is 5.26 Å². The highest BCUT2D eigenvalue weighted by molar-refractivity contribution is 5.74. The van der Waals surface area contributed by atoms with Gasteiger partial charge < -0.3 is 15.0 Å². The first-order chi connectivity index (χ1) is 13.3. The van der Waals surface area contributed by atoms with Crippen LogP contribution in [0.15, 0.2) is 42.7 Å². The van der Waals surface area contributed by atoms with E-state index in [0.29, 0.717) is 19.6 Å². The van der Waals surface area contributed by atoms with Crippen LogP contribution in [0.4, 0.5) is 4.79 Å². The van der Waals surface area contributed by atoms with Crippen LogP contribution in [0.5, 0.6) is 5.88 Å². The summed E-state index contributed by atoms with van der Waals surface area (Å²) >= 11 is 0. The Balaban J connectivity index is 1.44. The van der Waals surface area contributed by atoms with Gasteiger partial charge in [-0.05, 0) is 31.2 Å². The Kier molecular flexibility index (Phi) is 6.58. The van der Waals surface area contributed by atoms with Gasteiger partial charge >= 0.3 is 6.03 Å². The molecule has 3 rings (SSSR count). The van der Waals surface area contributed by atoms with Crippen molar-refractivity contribution in [3.05, 3.63) is 54.0 Å². The molecule has 27 heavy (non-hydrogen) atoms. The minimum absolute atomic E-state index is 0.0731. The number of nitrogens with one attached hydrogen (secondary N) is 1. The molecule has 0 unspecified atom stereocenters. The van der Waals surface area contributed by atoms with Gasteiger partial charge in [0.15, 0.2) is 0 Å². The molecule has 1 N–H and O–H groups in total. The third-order valence-electron chi connectivity index (χ3n) is 4.48. The number of hydrogen-bond acceptors (Lipinski definition) is 5. The van der Waals surface area contributed by atoms with E-state index in [1.165, 1.54) is 18.0 Å². The first kappa shape index (κ1) is 18.6. The van der Waals surface area contributed by atoms with Crippen LogP contribution in [0.2, 0.25) is 0 Å². The molecule has 140 valence electrons. The molecular weight excluding hydrogens is 342 g/mol. The third kappa shape index (κ3) is 5.42. The van der Waals surface area contributed by atoms with Crippen molar-refractivity contribution in [2.24, 2.45) is 0 Å². The van der Waals surface area contributed by atoms with Crippen LogP contribution in [0.3, 0.4) is 0 Å². The lowest BCUT2D eigenvalue weighted by Gasteiger charge is -2.32. The number of urea groups is 1. The van der Waals surface area contributed by atoms with Crippen LogP contribution in [0, 0.1) is 11.3 Å². The number of hydrogen-bond donors (Lipinski definition) is 1. The van der Waals surface area contributed by atoms with Crippen LogP contribution < -0.4 is 10.1 Å². The summed E-state index contributed by atoms with van der Waals surface area (Å²) in [5.41, 5.74) is 1.44. The summed E-state index contributed by atoms with van der Waals surface area (Å²) < 4.78 is 5.82. The number of nitriles is 1. The summed E-state index contributed by atoms with van der Waals surface area (Å²) in [7, 11) is 0. The highest BCUT2D eigenvalue weighted by Crippen LogP contribution is 2.18. The lowest BCUT2D eigenvalue weighted by molar-refractivity contribution is 0.0972. The second-order valence-corrected chi connectivity index (χ2v) is 6.47. The predicted molar refractivity (Wildman–Crippen MR) is 100 cm³/mol. The van der Waals surface area contributed by atoms with Gasteiger partial charge in [0.05, 0.1) is 6.54 Å². The number of amides is 2. The van der Waals surface area contributed by atoms with Crippen LogP contribution in [-0.2, 0) is 6.42 Å². The van der Waals surface area contributed by atoms with E-state index in [-0.39, 0.29) is 23.7 Å². The molecule has 2 aromatic rings. The number of rotatable bonds is 6. The molecule has 0 aliphatic carbocycles. The summed E-state index contributed by atoms with van der Waals surface area (Å²) in [5, 5.41) is 12.1. The maximum absolute atomic E-state index is 12.4. The standard InChI is InChI=1S/C20H23N5O2/c21-14-18-19(23-12-11-22-18)27-17-9-5-13-25(15-17)20(26)24-10-4-8-16-6-2-1-3-7-16/h1-3,6-7,11-12,17H,4-5,8-10,13,15H2,(H,24,26)/t17-/m0/s1. The number of ether oxygens (including phenoxy) is 1. The molecule has 2 heterocycles. The van der Waals surface area contributed by atoms with Crippen molar-refractivity contribution in [2.45, 2.75) is 31.8 Å². The average molecular weight is 365 g/mol. The first-order valence-electron chi connectivity index (χ1n) is 9.20. The summed E-state index contributed by atoms with van der Waals surface area (Å²) in [4.78, 5) is 22.2. The van der Waals surface area contributed by atoms with Gasteiger partial charge in [-0.25, -0.2) is 14.8 Å². The van der Waals surface area contributed by atoms with Crippen LogP contribution in [0.1, 0.15) is 30.5 Å². The number of nitrogens with zero attached hydrogens (tertiary/aromatic N) is 4. The molecule has 1 atom stereocenters. The van der Waals surface area contributed by atoms with Gasteiger partial charge in [0.25, 0.3) is 5.88 Å². The van der Waals surface area contributed by atoms with E-state index in [0.717, 1.165) is 25.7 Å². The Hall–Kier alpha value is -3.14. The smallest absolute Gasteiger partial charge is 0.317 e. The quantitative estimate of drug-likeness (QED) is 0.794. The monoisotopic (exact) mass is 365 g/mol. The normalized spacial score (nSPS) is 16.4. The maximum atomic E-state index is 12.4. The van der Waals surface area contributed by atoms with Gasteiger partial charge in [-0.1, -0.05) is 30.3 Å². The number of aryl methyl sites for hydroxylation is 1. The molecule has 1 aromatic carbocycles. The minimum Gasteiger partial charge on any atom is -0.470 e. The van der Waals surface area contributed by atoms with E-state index in [2.05, 4.69) is 27.4 Å². The third-order valence-corrected chi connectivity index (χ3v) is 4.48. The lowest BCUT2D eigenvalue weighted by Crippen LogP contribution is -2.48. The highest BCUT2D eigenvalue weighted by atomic mass is 16.5. The molecule has 7 heteroatoms. The van der Waals surface area contributed by atoms with Crippen molar-refractivity contribution in [2.75, 3.05) is 19.6 Å². The fraction of sp³-hybridized carbons (Fsp3) is 0.400. The molecule has 0 spiro atoms. The van der Waals surface area contributed by atoms with Crippen LogP contribution in [-0.4, -0.2) is 46.6 Å². The SMILES string of the molecule is N#Cc1nccnc1O[C@H]1CCCN(C(=O)NCCCc2ccccc2)C1. The van der Waals surface area contributed by atoms with E-state index in [1.807, 2.05) is 24.3 Å². The van der Waals surface area contributed by atoms with E-state index in [4.69, 9.17) is 10.00 Å². The Morgan fingerprint density at radius 1 is 1.30 bits per heavy atom. The van der Waals surface area contributed by atoms with Crippen molar-refractivity contribution in [1.29, 1.82) is 5.26 Å². The second kappa shape index (κ2) is 9.53. The molecule has 1 saturated heterocycles. The molecule has 0 radical (unpaired) electrons. The molecule has 1 aliphatic heterocycles. The zero-order valence-corrected chi connectivity index (χ0v) is 15.2. The molecule has 7 nitrogen and oxygen atoms in total. The number of benzene rings is 1. The lowest BCUT2D eigenvalue weighted by atomic mass is 10.1. The van der Waals surface area contributed by atoms with Gasteiger partial charge in [0, 0.05) is 25.5 Å². The van der Waals surface area contributed by atoms with Crippen molar-refractivity contribution in [3.8, 4) is 11.9 Å². The Labute approximate surface area is 159 Å². The zero-order valence-electron chi connectivity index (χ0n) is 15.2. The first-order valence-corrected chi connectivity index (χ1v) is 9.20. The average Bonchev–Trinajstić information content (AvgIpc) is 2.72. The molecular formula is C20H23N5O2. The van der Waals surface area contributed by atoms with Gasteiger partial charge in [0.2, 0.25) is 5.69 Å². The number of carbonyl (C=O) groups excluding carboxylic acids is 1. The summed E-state index contributed by atoms with van der Waals surface area (Å²) in [6, 6.07) is 12.1. The fourth-order valence-electron chi connectivity index (χ4n) is 3.11. The molecule has 1 fully saturated rings. The second-order valence-electron chi connectivity index (χ2n) is 6.47. The maximum Gasteiger partial charge on any atom is 0.317 e. The van der Waals surface area contributed by atoms with E-state index in [1.54, 1.807) is 4.90 Å². The number of aromatic nitrogens is 2. The topological polar surface area (TPSA) is 91.1 Å². The number of likely N-dealkylation sites (tertiary alicyclic amines) is 1. The van der Waals surface area contributed by atoms with Crippen LogP contribution in [0.25, 0.3) is 0 Å². The van der Waals surface area contributed by atoms with Gasteiger partial charge in [-0.15, -0.1) is 0 Å². The van der Waals surface area contributed by atoms with Crippen molar-refractivity contribution < 1.29 is 9.53 Å². The van der Waals surface area contributed by atoms with Gasteiger partial charge in [0.1, 0.15) is 12.2 Å². The van der Waals surface area contributed by atoms with Crippen molar-refractivity contribution in [1.82, 2.24) is 20.2 Å². The molecule has 0 saturated carbocycles. The molecule has 1 aliphatic rings. The minimum atomic E-state index is -0.183. The summed E-state index contributed by atoms with van der Waals surface area (Å²) in [6.45, 7) is 1.82. The Morgan fingerprint density at radius 2 is 2.11 bits per heavy atom. The number of piperidine rings is 1. The zero-order chi connectivity index (χ0) is 18.9. The largest absolute Gasteiger partial charge is 0.470 e. The van der Waals surface area contributed by atoms with E-state index < -0.39 is 0 Å². The van der Waals surface area contributed by atoms with Crippen LogP contribution >= 0.6 is 0 Å². The Morgan fingerprint density at radius 3 is 2.93 bits per heavy atom. The van der Waals surface area contributed by atoms with Crippen molar-refractivity contribution >= 4 is 6.03 Å². The highest BCUT2D eigenvalue weighted by Gasteiger charge is 2.25. The summed E-state index contributed by atoms with van der Waals surface area (Å²) in [6.07, 6.45) is 6.28. The molecule has 2 amide bonds. The van der Waals surface area contributed by atoms with E-state index >= 15 is 0 Å². The van der Waals surface area contributed by atoms with Crippen molar-refractivity contribution in [3.63, 3.8) is 0 Å². The molecule has 0 bridgehead atoms. The molecule has 1 aromatic heterocycles.